The van der Waals surface area contributed by atoms with E-state index in [9.17, 15) is 13.2 Å². The molecule has 1 amide bonds. The molecule has 0 bridgehead atoms. The van der Waals surface area contributed by atoms with E-state index in [0.29, 0.717) is 26.1 Å². The molecule has 1 saturated heterocycles. The number of carbonyl (C=O) groups is 1. The summed E-state index contributed by atoms with van der Waals surface area (Å²) < 4.78 is 32.5. The Labute approximate surface area is 142 Å². The van der Waals surface area contributed by atoms with Crippen molar-refractivity contribution in [2.75, 3.05) is 39.1 Å². The van der Waals surface area contributed by atoms with Crippen LogP contribution in [0.5, 0.6) is 0 Å². The summed E-state index contributed by atoms with van der Waals surface area (Å²) in [7, 11) is -3.24. The van der Waals surface area contributed by atoms with Crippen LogP contribution < -0.4 is 0 Å². The lowest BCUT2D eigenvalue weighted by Gasteiger charge is -2.32. The fraction of sp³-hybridized carbons (Fsp3) is 0.733. The van der Waals surface area contributed by atoms with Gasteiger partial charge in [-0.2, -0.15) is 9.40 Å². The molecule has 2 aliphatic rings. The number of likely N-dealkylation sites (tertiary alicyclic amines) is 1. The highest BCUT2D eigenvalue weighted by atomic mass is 32.2. The first-order valence-corrected chi connectivity index (χ1v) is 10.1. The zero-order valence-electron chi connectivity index (χ0n) is 13.9. The molecule has 0 spiro atoms. The van der Waals surface area contributed by atoms with Crippen LogP contribution in [-0.4, -0.2) is 72.4 Å². The standard InChI is InChI=1S/C15H24N4O4S/c1-24(21,22)18-10-13-4-6-16-19(13)14(11-18)5-9-23-12-15(20)17-7-2-3-8-17/h4,6,14H,2-3,5,7-12H2,1H3/t14-/m0/s1. The lowest BCUT2D eigenvalue weighted by molar-refractivity contribution is -0.135. The van der Waals surface area contributed by atoms with E-state index in [1.807, 2.05) is 15.6 Å². The van der Waals surface area contributed by atoms with Gasteiger partial charge in [-0.15, -0.1) is 0 Å². The minimum absolute atomic E-state index is 0.0358. The second kappa shape index (κ2) is 7.20. The van der Waals surface area contributed by atoms with Gasteiger partial charge in [0.25, 0.3) is 0 Å². The van der Waals surface area contributed by atoms with Crippen LogP contribution in [0.1, 0.15) is 31.0 Å². The minimum atomic E-state index is -3.24. The molecule has 0 N–H and O–H groups in total. The van der Waals surface area contributed by atoms with Crippen molar-refractivity contribution < 1.29 is 17.9 Å². The molecule has 3 rings (SSSR count). The molecule has 0 aliphatic carbocycles. The third kappa shape index (κ3) is 3.96. The van der Waals surface area contributed by atoms with Crippen LogP contribution in [0.15, 0.2) is 12.3 Å². The molecule has 1 aromatic rings. The Morgan fingerprint density at radius 3 is 2.83 bits per heavy atom. The van der Waals surface area contributed by atoms with Gasteiger partial charge in [-0.1, -0.05) is 0 Å². The summed E-state index contributed by atoms with van der Waals surface area (Å²) >= 11 is 0. The third-order valence-electron chi connectivity index (χ3n) is 4.60. The summed E-state index contributed by atoms with van der Waals surface area (Å²) in [6.07, 6.45) is 5.66. The molecule has 24 heavy (non-hydrogen) atoms. The number of sulfonamides is 1. The van der Waals surface area contributed by atoms with Crippen LogP contribution in [-0.2, 0) is 26.1 Å². The average Bonchev–Trinajstić information content (AvgIpc) is 3.20. The van der Waals surface area contributed by atoms with Crippen LogP contribution in [0.4, 0.5) is 0 Å². The summed E-state index contributed by atoms with van der Waals surface area (Å²) in [4.78, 5) is 13.8. The molecule has 0 aromatic carbocycles. The average molecular weight is 356 g/mol. The van der Waals surface area contributed by atoms with Crippen molar-refractivity contribution in [2.45, 2.75) is 31.8 Å². The van der Waals surface area contributed by atoms with Gasteiger partial charge in [0.15, 0.2) is 0 Å². The number of ether oxygens (including phenoxy) is 1. The van der Waals surface area contributed by atoms with E-state index in [4.69, 9.17) is 4.74 Å². The van der Waals surface area contributed by atoms with Gasteiger partial charge < -0.3 is 9.64 Å². The second-order valence-electron chi connectivity index (χ2n) is 6.41. The molecule has 1 fully saturated rings. The minimum Gasteiger partial charge on any atom is -0.372 e. The van der Waals surface area contributed by atoms with Crippen molar-refractivity contribution in [1.82, 2.24) is 19.0 Å². The number of nitrogens with zero attached hydrogens (tertiary/aromatic N) is 4. The van der Waals surface area contributed by atoms with Gasteiger partial charge in [0.05, 0.1) is 24.5 Å². The largest absolute Gasteiger partial charge is 0.372 e. The van der Waals surface area contributed by atoms with Gasteiger partial charge in [-0.05, 0) is 25.3 Å². The zero-order chi connectivity index (χ0) is 17.2. The van der Waals surface area contributed by atoms with Crippen molar-refractivity contribution >= 4 is 15.9 Å². The molecule has 0 saturated carbocycles. The first kappa shape index (κ1) is 17.4. The second-order valence-corrected chi connectivity index (χ2v) is 8.39. The number of carbonyl (C=O) groups excluding carboxylic acids is 1. The van der Waals surface area contributed by atoms with E-state index in [-0.39, 0.29) is 18.6 Å². The molecular formula is C15H24N4O4S. The van der Waals surface area contributed by atoms with Gasteiger partial charge in [0.1, 0.15) is 6.61 Å². The first-order chi connectivity index (χ1) is 11.4. The molecule has 8 nitrogen and oxygen atoms in total. The van der Waals surface area contributed by atoms with Crippen LogP contribution in [0, 0.1) is 0 Å². The van der Waals surface area contributed by atoms with Crippen molar-refractivity contribution in [3.05, 3.63) is 18.0 Å². The van der Waals surface area contributed by atoms with Crippen molar-refractivity contribution in [3.63, 3.8) is 0 Å². The van der Waals surface area contributed by atoms with Crippen molar-refractivity contribution in [3.8, 4) is 0 Å². The smallest absolute Gasteiger partial charge is 0.248 e. The third-order valence-corrected chi connectivity index (χ3v) is 5.82. The monoisotopic (exact) mass is 356 g/mol. The predicted octanol–water partition coefficient (Wildman–Crippen LogP) is 0.229. The Balaban J connectivity index is 1.52. The Morgan fingerprint density at radius 2 is 2.12 bits per heavy atom. The molecule has 0 unspecified atom stereocenters. The van der Waals surface area contributed by atoms with Crippen LogP contribution in [0.25, 0.3) is 0 Å². The van der Waals surface area contributed by atoms with Gasteiger partial charge in [-0.25, -0.2) is 8.42 Å². The molecule has 1 aromatic heterocycles. The number of aromatic nitrogens is 2. The number of amides is 1. The molecule has 3 heterocycles. The van der Waals surface area contributed by atoms with Crippen molar-refractivity contribution in [1.29, 1.82) is 0 Å². The quantitative estimate of drug-likeness (QED) is 0.681. The van der Waals surface area contributed by atoms with Gasteiger partial charge in [0, 0.05) is 32.4 Å². The van der Waals surface area contributed by atoms with E-state index in [1.54, 1.807) is 6.20 Å². The zero-order valence-corrected chi connectivity index (χ0v) is 14.7. The lowest BCUT2D eigenvalue weighted by atomic mass is 10.1. The number of fused-ring (bicyclic) bond motifs is 1. The highest BCUT2D eigenvalue weighted by molar-refractivity contribution is 7.88. The molecule has 2 aliphatic heterocycles. The molecule has 1 atom stereocenters. The number of hydrogen-bond acceptors (Lipinski definition) is 5. The van der Waals surface area contributed by atoms with Crippen LogP contribution in [0.3, 0.4) is 0 Å². The van der Waals surface area contributed by atoms with Crippen molar-refractivity contribution in [2.24, 2.45) is 0 Å². The van der Waals surface area contributed by atoms with E-state index >= 15 is 0 Å². The Kier molecular flexibility index (Phi) is 5.21. The fourth-order valence-corrected chi connectivity index (χ4v) is 4.07. The Hall–Kier alpha value is -1.45. The Bertz CT molecular complexity index is 681. The maximum absolute atomic E-state index is 11.9. The van der Waals surface area contributed by atoms with Crippen LogP contribution >= 0.6 is 0 Å². The first-order valence-electron chi connectivity index (χ1n) is 8.28. The van der Waals surface area contributed by atoms with E-state index in [0.717, 1.165) is 31.6 Å². The summed E-state index contributed by atoms with van der Waals surface area (Å²) in [5.74, 6) is 0.0358. The summed E-state index contributed by atoms with van der Waals surface area (Å²) in [6.45, 7) is 2.88. The van der Waals surface area contributed by atoms with E-state index in [1.165, 1.54) is 10.6 Å². The lowest BCUT2D eigenvalue weighted by Crippen LogP contribution is -2.41. The number of rotatable bonds is 6. The van der Waals surface area contributed by atoms with Gasteiger partial charge in [0.2, 0.25) is 15.9 Å². The SMILES string of the molecule is CS(=O)(=O)N1Cc2ccnn2[C@@H](CCOCC(=O)N2CCCC2)C1. The topological polar surface area (TPSA) is 84.7 Å². The van der Waals surface area contributed by atoms with Gasteiger partial charge in [-0.3, -0.25) is 9.48 Å². The van der Waals surface area contributed by atoms with E-state index in [2.05, 4.69) is 5.10 Å². The normalized spacial score (nSPS) is 21.9. The van der Waals surface area contributed by atoms with Crippen LogP contribution in [0.2, 0.25) is 0 Å². The Morgan fingerprint density at radius 1 is 1.38 bits per heavy atom. The van der Waals surface area contributed by atoms with E-state index < -0.39 is 10.0 Å². The summed E-state index contributed by atoms with van der Waals surface area (Å²) in [6, 6.07) is 1.77. The maximum atomic E-state index is 11.9. The van der Waals surface area contributed by atoms with Gasteiger partial charge >= 0.3 is 0 Å². The highest BCUT2D eigenvalue weighted by Gasteiger charge is 2.30. The fourth-order valence-electron chi connectivity index (χ4n) is 3.26. The number of hydrogen-bond donors (Lipinski definition) is 0. The molecule has 0 radical (unpaired) electrons. The predicted molar refractivity (Wildman–Crippen MR) is 87.8 cm³/mol. The molecule has 134 valence electrons. The molecule has 9 heteroatoms. The molecular weight excluding hydrogens is 332 g/mol. The maximum Gasteiger partial charge on any atom is 0.248 e. The summed E-state index contributed by atoms with van der Waals surface area (Å²) in [5, 5.41) is 4.30. The highest BCUT2D eigenvalue weighted by Crippen LogP contribution is 2.24. The summed E-state index contributed by atoms with van der Waals surface area (Å²) in [5.41, 5.74) is 0.879.